The van der Waals surface area contributed by atoms with Crippen molar-refractivity contribution in [2.75, 3.05) is 0 Å². The van der Waals surface area contributed by atoms with Crippen molar-refractivity contribution < 1.29 is 5.48 Å². The Labute approximate surface area is 50.8 Å². The quantitative estimate of drug-likeness (QED) is 0.488. The molecule has 0 aliphatic heterocycles. The monoisotopic (exact) mass is 133 g/mol. The highest BCUT2D eigenvalue weighted by atomic mass is 35.5. The van der Waals surface area contributed by atoms with Crippen LogP contribution in [-0.2, 0) is 0 Å². The molecule has 1 heterocycles. The van der Waals surface area contributed by atoms with Crippen LogP contribution in [0.3, 0.4) is 0 Å². The van der Waals surface area contributed by atoms with Crippen LogP contribution in [0.5, 0.6) is 0 Å². The SMILES string of the molecule is Clc1ccnnn1.O. The summed E-state index contributed by atoms with van der Waals surface area (Å²) >= 11 is 5.33. The molecule has 1 aromatic heterocycles. The van der Waals surface area contributed by atoms with Gasteiger partial charge in [0.2, 0.25) is 0 Å². The lowest BCUT2D eigenvalue weighted by atomic mass is 10.7. The maximum Gasteiger partial charge on any atom is 0.155 e. The van der Waals surface area contributed by atoms with Gasteiger partial charge in [0.15, 0.2) is 5.15 Å². The Hall–Kier alpha value is -0.740. The van der Waals surface area contributed by atoms with E-state index in [4.69, 9.17) is 11.6 Å². The van der Waals surface area contributed by atoms with Crippen molar-refractivity contribution in [3.63, 3.8) is 0 Å². The molecule has 0 aromatic carbocycles. The molecule has 0 saturated heterocycles. The molecule has 0 radical (unpaired) electrons. The van der Waals surface area contributed by atoms with E-state index in [0.717, 1.165) is 0 Å². The highest BCUT2D eigenvalue weighted by Gasteiger charge is 1.79. The van der Waals surface area contributed by atoms with E-state index < -0.39 is 0 Å². The number of hydrogen-bond donors (Lipinski definition) is 0. The molecule has 0 aliphatic carbocycles. The maximum atomic E-state index is 5.33. The minimum absolute atomic E-state index is 0. The summed E-state index contributed by atoms with van der Waals surface area (Å²) in [5, 5.41) is 10.4. The summed E-state index contributed by atoms with van der Waals surface area (Å²) < 4.78 is 0. The Balaban J connectivity index is 0.000000490. The normalized spacial score (nSPS) is 7.62. The van der Waals surface area contributed by atoms with Gasteiger partial charge in [0.05, 0.1) is 6.20 Å². The first-order valence-electron chi connectivity index (χ1n) is 1.69. The number of halogens is 1. The molecule has 0 atom stereocenters. The molecule has 44 valence electrons. The highest BCUT2D eigenvalue weighted by Crippen LogP contribution is 1.94. The Morgan fingerprint density at radius 1 is 1.50 bits per heavy atom. The molecule has 0 aliphatic rings. The van der Waals surface area contributed by atoms with Gasteiger partial charge in [-0.05, 0) is 11.3 Å². The predicted molar refractivity (Wildman–Crippen MR) is 28.5 cm³/mol. The largest absolute Gasteiger partial charge is 0.412 e. The Bertz CT molecular complexity index is 144. The zero-order valence-electron chi connectivity index (χ0n) is 3.87. The van der Waals surface area contributed by atoms with E-state index in [9.17, 15) is 0 Å². The molecule has 1 aromatic rings. The van der Waals surface area contributed by atoms with Crippen LogP contribution in [0.4, 0.5) is 0 Å². The van der Waals surface area contributed by atoms with Crippen LogP contribution in [0.1, 0.15) is 0 Å². The summed E-state index contributed by atoms with van der Waals surface area (Å²) in [6, 6.07) is 1.56. The molecule has 0 amide bonds. The molecule has 0 fully saturated rings. The lowest BCUT2D eigenvalue weighted by Crippen LogP contribution is -1.81. The summed E-state index contributed by atoms with van der Waals surface area (Å²) in [7, 11) is 0. The van der Waals surface area contributed by atoms with E-state index in [2.05, 4.69) is 15.4 Å². The van der Waals surface area contributed by atoms with Crippen LogP contribution in [0.2, 0.25) is 5.15 Å². The van der Waals surface area contributed by atoms with Gasteiger partial charge in [-0.25, -0.2) is 0 Å². The van der Waals surface area contributed by atoms with Gasteiger partial charge in [0.1, 0.15) is 0 Å². The lowest BCUT2D eigenvalue weighted by molar-refractivity contribution is 0.824. The second-order valence-electron chi connectivity index (χ2n) is 0.943. The summed E-state index contributed by atoms with van der Waals surface area (Å²) in [4.78, 5) is 0. The van der Waals surface area contributed by atoms with Gasteiger partial charge in [-0.2, -0.15) is 0 Å². The lowest BCUT2D eigenvalue weighted by Gasteiger charge is -1.76. The van der Waals surface area contributed by atoms with Crippen LogP contribution < -0.4 is 0 Å². The fourth-order valence-corrected chi connectivity index (χ4v) is 0.317. The average molecular weight is 134 g/mol. The van der Waals surface area contributed by atoms with Crippen LogP contribution in [0, 0.1) is 0 Å². The third-order valence-electron chi connectivity index (χ3n) is 0.471. The molecule has 1 rings (SSSR count). The molecular formula is C3H4ClN3O. The van der Waals surface area contributed by atoms with Crippen molar-refractivity contribution >= 4 is 11.6 Å². The minimum atomic E-state index is 0. The van der Waals surface area contributed by atoms with E-state index in [-0.39, 0.29) is 5.48 Å². The molecule has 0 saturated carbocycles. The minimum Gasteiger partial charge on any atom is -0.412 e. The molecular weight excluding hydrogens is 130 g/mol. The van der Waals surface area contributed by atoms with Gasteiger partial charge in [0, 0.05) is 0 Å². The van der Waals surface area contributed by atoms with E-state index in [1.807, 2.05) is 0 Å². The van der Waals surface area contributed by atoms with Gasteiger partial charge in [-0.15, -0.1) is 10.2 Å². The Morgan fingerprint density at radius 3 is 2.50 bits per heavy atom. The van der Waals surface area contributed by atoms with Crippen molar-refractivity contribution in [1.82, 2.24) is 15.4 Å². The molecule has 0 unspecified atom stereocenters. The Kier molecular flexibility index (Phi) is 2.98. The number of hydrogen-bond acceptors (Lipinski definition) is 3. The molecule has 2 N–H and O–H groups in total. The van der Waals surface area contributed by atoms with Gasteiger partial charge in [-0.3, -0.25) is 0 Å². The van der Waals surface area contributed by atoms with Crippen molar-refractivity contribution in [2.24, 2.45) is 0 Å². The molecule has 5 heteroatoms. The van der Waals surface area contributed by atoms with Crippen molar-refractivity contribution in [3.05, 3.63) is 17.4 Å². The number of rotatable bonds is 0. The first-order valence-corrected chi connectivity index (χ1v) is 2.07. The smallest absolute Gasteiger partial charge is 0.155 e. The molecule has 4 nitrogen and oxygen atoms in total. The summed E-state index contributed by atoms with van der Waals surface area (Å²) in [5.74, 6) is 0. The molecule has 0 spiro atoms. The van der Waals surface area contributed by atoms with Crippen molar-refractivity contribution in [2.45, 2.75) is 0 Å². The van der Waals surface area contributed by atoms with Gasteiger partial charge >= 0.3 is 0 Å². The van der Waals surface area contributed by atoms with Crippen molar-refractivity contribution in [3.8, 4) is 0 Å². The Morgan fingerprint density at radius 2 is 2.25 bits per heavy atom. The topological polar surface area (TPSA) is 70.2 Å². The number of aromatic nitrogens is 3. The van der Waals surface area contributed by atoms with Crippen LogP contribution in [0.15, 0.2) is 12.3 Å². The van der Waals surface area contributed by atoms with Gasteiger partial charge < -0.3 is 5.48 Å². The van der Waals surface area contributed by atoms with E-state index >= 15 is 0 Å². The second kappa shape index (κ2) is 3.29. The predicted octanol–water partition coefficient (Wildman–Crippen LogP) is -0.300. The molecule has 8 heavy (non-hydrogen) atoms. The first kappa shape index (κ1) is 7.26. The van der Waals surface area contributed by atoms with Crippen molar-refractivity contribution in [1.29, 1.82) is 0 Å². The first-order chi connectivity index (χ1) is 3.39. The summed E-state index contributed by atoms with van der Waals surface area (Å²) in [6.45, 7) is 0. The third-order valence-corrected chi connectivity index (χ3v) is 0.672. The fraction of sp³-hybridized carbons (Fsp3) is 0. The van der Waals surface area contributed by atoms with Crippen LogP contribution in [0.25, 0.3) is 0 Å². The number of nitrogens with zero attached hydrogens (tertiary/aromatic N) is 3. The fourth-order valence-electron chi connectivity index (χ4n) is 0.227. The molecule has 0 bridgehead atoms. The maximum absolute atomic E-state index is 5.33. The standard InChI is InChI=1S/C3H2ClN3.H2O/c4-3-1-2-5-7-6-3;/h1-2H;1H2. The van der Waals surface area contributed by atoms with E-state index in [0.29, 0.717) is 5.15 Å². The van der Waals surface area contributed by atoms with Gasteiger partial charge in [-0.1, -0.05) is 11.6 Å². The summed E-state index contributed by atoms with van der Waals surface area (Å²) in [5.41, 5.74) is 0. The summed E-state index contributed by atoms with van der Waals surface area (Å²) in [6.07, 6.45) is 1.48. The third kappa shape index (κ3) is 1.81. The average Bonchev–Trinajstić information content (AvgIpc) is 1.69. The van der Waals surface area contributed by atoms with Gasteiger partial charge in [0.25, 0.3) is 0 Å². The van der Waals surface area contributed by atoms with Crippen LogP contribution in [-0.4, -0.2) is 20.9 Å². The van der Waals surface area contributed by atoms with E-state index in [1.165, 1.54) is 6.20 Å². The zero-order chi connectivity index (χ0) is 5.11. The highest BCUT2D eigenvalue weighted by molar-refractivity contribution is 6.29. The second-order valence-corrected chi connectivity index (χ2v) is 1.33. The van der Waals surface area contributed by atoms with E-state index in [1.54, 1.807) is 6.07 Å². The zero-order valence-corrected chi connectivity index (χ0v) is 4.63. The van der Waals surface area contributed by atoms with Crippen LogP contribution >= 0.6 is 11.6 Å².